The topological polar surface area (TPSA) is 43.4 Å². The lowest BCUT2D eigenvalue weighted by Gasteiger charge is -2.04. The fourth-order valence-corrected chi connectivity index (χ4v) is 3.34. The lowest BCUT2D eigenvalue weighted by atomic mass is 11.6. The third-order valence-corrected chi connectivity index (χ3v) is 4.33. The largest absolute Gasteiger partial charge is 0.522 e. The molecule has 9 heteroatoms. The molecule has 0 amide bonds. The predicted molar refractivity (Wildman–Crippen MR) is 33.5 cm³/mol. The van der Waals surface area contributed by atoms with Crippen LogP contribution in [-0.4, -0.2) is 22.3 Å². The van der Waals surface area contributed by atoms with E-state index in [2.05, 4.69) is 19.2 Å². The fourth-order valence-electron chi connectivity index (χ4n) is 0.125. The van der Waals surface area contributed by atoms with Gasteiger partial charge < -0.3 is 3.87 Å². The van der Waals surface area contributed by atoms with Gasteiger partial charge in [0.25, 0.3) is 8.38 Å². The molecule has 0 heterocycles. The number of halogens is 4. The van der Waals surface area contributed by atoms with Crippen LogP contribution >= 0.6 is 15.3 Å². The summed E-state index contributed by atoms with van der Waals surface area (Å²) in [6.07, 6.45) is 0. The minimum absolute atomic E-state index is 1.77. The monoisotopic (exact) mass is 258 g/mol. The van der Waals surface area contributed by atoms with E-state index in [1.165, 1.54) is 0 Å². The van der Waals surface area contributed by atoms with Crippen LogP contribution in [0, 0.1) is 0 Å². The summed E-state index contributed by atoms with van der Waals surface area (Å²) in [4.78, 5) is 0. The molecule has 0 N–H and O–H groups in total. The summed E-state index contributed by atoms with van der Waals surface area (Å²) in [5.41, 5.74) is -5.30. The predicted octanol–water partition coefficient (Wildman–Crippen LogP) is 0.246. The molecule has 3 nitrogen and oxygen atoms in total. The lowest BCUT2D eigenvalue weighted by Crippen LogP contribution is -2.25. The minimum atomic E-state index is -5.33. The molecule has 0 aromatic rings. The molecule has 0 saturated heterocycles. The molecule has 0 radical (unpaired) electrons. The molecule has 0 aliphatic rings. The third kappa shape index (κ3) is 2.56. The quantitative estimate of drug-likeness (QED) is 0.405. The Morgan fingerprint density at radius 2 is 1.80 bits per heavy atom. The first kappa shape index (κ1) is 10.4. The molecule has 0 aromatic heterocycles. The van der Waals surface area contributed by atoms with Crippen LogP contribution in [0.1, 0.15) is 0 Å². The Morgan fingerprint density at radius 1 is 1.40 bits per heavy atom. The molecule has 0 atom stereocenters. The van der Waals surface area contributed by atoms with Gasteiger partial charge in [-0.2, -0.15) is 21.6 Å². The summed E-state index contributed by atoms with van der Waals surface area (Å²) >= 11 is 2.52. The highest BCUT2D eigenvalue weighted by atomic mass is 79.9. The molecular weight excluding hydrogens is 257 g/mol. The van der Waals surface area contributed by atoms with E-state index >= 15 is 0 Å². The van der Waals surface area contributed by atoms with Crippen LogP contribution in [0.2, 0.25) is 0 Å². The zero-order chi connectivity index (χ0) is 8.41. The Bertz CT molecular complexity index is 196. The van der Waals surface area contributed by atoms with Crippen LogP contribution in [0.15, 0.2) is 0 Å². The molecule has 0 spiro atoms. The molecule has 10 heavy (non-hydrogen) atoms. The first-order valence-electron chi connectivity index (χ1n) is 1.83. The van der Waals surface area contributed by atoms with Crippen LogP contribution < -0.4 is 0 Å². The van der Waals surface area contributed by atoms with Crippen LogP contribution in [0.25, 0.3) is 0 Å². The summed E-state index contributed by atoms with van der Waals surface area (Å²) in [7, 11) is -7.10. The molecule has 0 fully saturated rings. The standard InChI is InChI=1S/CH2BrF3O3SSi/c2-10-8-9(6,7)1(3,4)5/h10H2. The molecule has 0 bridgehead atoms. The SMILES string of the molecule is O=S(=O)(O[SiH2]Br)C(F)(F)F. The molecule has 0 aliphatic heterocycles. The molecule has 62 valence electrons. The van der Waals surface area contributed by atoms with Gasteiger partial charge in [-0.1, -0.05) is 15.3 Å². The Balaban J connectivity index is 4.44. The highest BCUT2D eigenvalue weighted by Crippen LogP contribution is 2.24. The van der Waals surface area contributed by atoms with E-state index in [9.17, 15) is 21.6 Å². The van der Waals surface area contributed by atoms with Crippen molar-refractivity contribution in [3.63, 3.8) is 0 Å². The summed E-state index contributed by atoms with van der Waals surface area (Å²) < 4.78 is 57.2. The summed E-state index contributed by atoms with van der Waals surface area (Å²) in [5, 5.41) is 0. The molecule has 0 aromatic carbocycles. The molecule has 0 aliphatic carbocycles. The smallest absolute Gasteiger partial charge is 0.302 e. The van der Waals surface area contributed by atoms with E-state index in [0.717, 1.165) is 0 Å². The molecule has 0 saturated carbocycles. The van der Waals surface area contributed by atoms with Crippen LogP contribution in [0.4, 0.5) is 13.2 Å². The van der Waals surface area contributed by atoms with Gasteiger partial charge in [0.05, 0.1) is 0 Å². The van der Waals surface area contributed by atoms with E-state index in [1.807, 2.05) is 0 Å². The maximum absolute atomic E-state index is 11.3. The average molecular weight is 259 g/mol. The highest BCUT2D eigenvalue weighted by molar-refractivity contribution is 9.23. The van der Waals surface area contributed by atoms with E-state index < -0.39 is 24.0 Å². The zero-order valence-electron chi connectivity index (χ0n) is 4.35. The average Bonchev–Trinajstić information content (AvgIpc) is 1.61. The van der Waals surface area contributed by atoms with Gasteiger partial charge in [0.2, 0.25) is 0 Å². The maximum atomic E-state index is 11.3. The van der Waals surface area contributed by atoms with Crippen molar-refractivity contribution >= 4 is 33.8 Å². The second kappa shape index (κ2) is 3.20. The van der Waals surface area contributed by atoms with Crippen LogP contribution in [0.3, 0.4) is 0 Å². The van der Waals surface area contributed by atoms with Crippen molar-refractivity contribution in [1.29, 1.82) is 0 Å². The van der Waals surface area contributed by atoms with Crippen molar-refractivity contribution < 1.29 is 25.5 Å². The van der Waals surface area contributed by atoms with E-state index in [-0.39, 0.29) is 0 Å². The van der Waals surface area contributed by atoms with Crippen LogP contribution in [0.5, 0.6) is 0 Å². The number of hydrogen-bond donors (Lipinski definition) is 0. The second-order valence-electron chi connectivity index (χ2n) is 1.13. The van der Waals surface area contributed by atoms with Crippen molar-refractivity contribution in [3.8, 4) is 0 Å². The van der Waals surface area contributed by atoms with Crippen molar-refractivity contribution in [3.05, 3.63) is 0 Å². The van der Waals surface area contributed by atoms with Gasteiger partial charge >= 0.3 is 15.6 Å². The van der Waals surface area contributed by atoms with Gasteiger partial charge in [-0.15, -0.1) is 0 Å². The van der Waals surface area contributed by atoms with Crippen molar-refractivity contribution in [2.75, 3.05) is 0 Å². The maximum Gasteiger partial charge on any atom is 0.522 e. The second-order valence-corrected chi connectivity index (χ2v) is 5.03. The van der Waals surface area contributed by atoms with Crippen molar-refractivity contribution in [1.82, 2.24) is 0 Å². The Kier molecular flexibility index (Phi) is 3.32. The Morgan fingerprint density at radius 3 is 1.90 bits per heavy atom. The van der Waals surface area contributed by atoms with Gasteiger partial charge in [0, 0.05) is 0 Å². The number of alkyl halides is 3. The van der Waals surface area contributed by atoms with Gasteiger partial charge in [-0.25, -0.2) is 0 Å². The number of rotatable bonds is 2. The van der Waals surface area contributed by atoms with E-state index in [4.69, 9.17) is 0 Å². The highest BCUT2D eigenvalue weighted by Gasteiger charge is 2.46. The summed E-state index contributed by atoms with van der Waals surface area (Å²) in [6.45, 7) is 0. The Hall–Kier alpha value is 0.397. The van der Waals surface area contributed by atoms with Gasteiger partial charge in [-0.05, 0) is 0 Å². The van der Waals surface area contributed by atoms with Gasteiger partial charge in [0.15, 0.2) is 0 Å². The minimum Gasteiger partial charge on any atom is -0.302 e. The van der Waals surface area contributed by atoms with Gasteiger partial charge in [-0.3, -0.25) is 0 Å². The van der Waals surface area contributed by atoms with Gasteiger partial charge in [0.1, 0.15) is 0 Å². The van der Waals surface area contributed by atoms with E-state index in [0.29, 0.717) is 0 Å². The normalized spacial score (nSPS) is 14.8. The number of hydrogen-bond acceptors (Lipinski definition) is 3. The fraction of sp³-hybridized carbons (Fsp3) is 1.00. The third-order valence-electron chi connectivity index (χ3n) is 0.483. The summed E-state index contributed by atoms with van der Waals surface area (Å²) in [5.74, 6) is 0. The molecular formula is CH2BrF3O3SSi. The zero-order valence-corrected chi connectivity index (χ0v) is 8.17. The first-order chi connectivity index (χ1) is 4.31. The molecule has 0 rings (SSSR count). The summed E-state index contributed by atoms with van der Waals surface area (Å²) in [6, 6.07) is 0. The first-order valence-corrected chi connectivity index (χ1v) is 7.71. The lowest BCUT2D eigenvalue weighted by molar-refractivity contribution is -0.0498. The van der Waals surface area contributed by atoms with Crippen LogP contribution in [-0.2, 0) is 14.0 Å². The molecule has 0 unspecified atom stereocenters. The van der Waals surface area contributed by atoms with E-state index in [1.54, 1.807) is 0 Å². The van der Waals surface area contributed by atoms with Crippen molar-refractivity contribution in [2.45, 2.75) is 5.51 Å². The van der Waals surface area contributed by atoms with Crippen molar-refractivity contribution in [2.24, 2.45) is 0 Å². The Labute approximate surface area is 65.2 Å².